The van der Waals surface area contributed by atoms with E-state index in [0.29, 0.717) is 10.6 Å². The molecule has 6 nitrogen and oxygen atoms in total. The van der Waals surface area contributed by atoms with E-state index in [1.54, 1.807) is 18.3 Å². The van der Waals surface area contributed by atoms with Crippen molar-refractivity contribution >= 4 is 132 Å². The molecule has 0 saturated heterocycles. The molecule has 14 aromatic carbocycles. The van der Waals surface area contributed by atoms with E-state index in [4.69, 9.17) is 21.6 Å². The predicted molar refractivity (Wildman–Crippen MR) is 337 cm³/mol. The lowest BCUT2D eigenvalue weighted by atomic mass is 9.79. The smallest absolute Gasteiger partial charge is 0.423 e. The first-order valence-electron chi connectivity index (χ1n) is 26.6. The van der Waals surface area contributed by atoms with Crippen LogP contribution in [0.2, 0.25) is 5.15 Å². The van der Waals surface area contributed by atoms with Gasteiger partial charge in [-0.15, -0.1) is 0 Å². The summed E-state index contributed by atoms with van der Waals surface area (Å²) in [6.45, 7) is 0. The van der Waals surface area contributed by atoms with Crippen molar-refractivity contribution in [2.75, 3.05) is 0 Å². The molecule has 376 valence electrons. The summed E-state index contributed by atoms with van der Waals surface area (Å²) in [5.74, 6) is 0. The highest BCUT2D eigenvalue weighted by Gasteiger charge is 2.16. The van der Waals surface area contributed by atoms with Crippen molar-refractivity contribution in [3.63, 3.8) is 0 Å². The van der Waals surface area contributed by atoms with Crippen molar-refractivity contribution in [3.8, 4) is 33.5 Å². The number of hydrogen-bond donors (Lipinski definition) is 2. The average molecular weight is 1050 g/mol. The highest BCUT2D eigenvalue weighted by molar-refractivity contribution is 6.58. The van der Waals surface area contributed by atoms with Gasteiger partial charge in [0.2, 0.25) is 0 Å². The minimum atomic E-state index is -1.43. The summed E-state index contributed by atoms with van der Waals surface area (Å²) in [6.07, 6.45) is 3.51. The quantitative estimate of drug-likeness (QED) is 0.135. The third kappa shape index (κ3) is 8.67. The van der Waals surface area contributed by atoms with Gasteiger partial charge in [-0.1, -0.05) is 254 Å². The Hall–Kier alpha value is -9.89. The molecular formula is C72H46BClN4O2. The molecule has 0 amide bonds. The first kappa shape index (κ1) is 48.5. The Morgan fingerprint density at radius 3 is 1.02 bits per heavy atom. The zero-order valence-corrected chi connectivity index (χ0v) is 43.8. The van der Waals surface area contributed by atoms with Crippen LogP contribution in [0.4, 0.5) is 0 Å². The number of rotatable bonds is 4. The summed E-state index contributed by atoms with van der Waals surface area (Å²) in [6, 6.07) is 88.1. The lowest BCUT2D eigenvalue weighted by molar-refractivity contribution is 0.426. The second-order valence-corrected chi connectivity index (χ2v) is 20.4. The van der Waals surface area contributed by atoms with E-state index >= 15 is 0 Å². The van der Waals surface area contributed by atoms with E-state index in [1.165, 1.54) is 75.8 Å². The van der Waals surface area contributed by atoms with Crippen LogP contribution in [0.3, 0.4) is 0 Å². The maximum absolute atomic E-state index is 9.25. The fraction of sp³-hybridized carbons (Fsp3) is 0. The normalized spacial score (nSPS) is 11.4. The van der Waals surface area contributed by atoms with Crippen LogP contribution < -0.4 is 5.46 Å². The van der Waals surface area contributed by atoms with Gasteiger partial charge in [0.15, 0.2) is 0 Å². The Morgan fingerprint density at radius 2 is 0.600 bits per heavy atom. The minimum absolute atomic E-state index is 0.424. The largest absolute Gasteiger partial charge is 0.488 e. The van der Waals surface area contributed by atoms with Crippen LogP contribution in [0.1, 0.15) is 0 Å². The van der Waals surface area contributed by atoms with Gasteiger partial charge in [0.05, 0.1) is 40.2 Å². The minimum Gasteiger partial charge on any atom is -0.423 e. The topological polar surface area (TPSA) is 92.0 Å². The zero-order chi connectivity index (χ0) is 53.7. The number of aromatic nitrogens is 4. The molecule has 16 rings (SSSR count). The van der Waals surface area contributed by atoms with Crippen molar-refractivity contribution in [1.29, 1.82) is 0 Å². The van der Waals surface area contributed by atoms with Gasteiger partial charge in [0.1, 0.15) is 5.15 Å². The third-order valence-corrected chi connectivity index (χ3v) is 15.6. The summed E-state index contributed by atoms with van der Waals surface area (Å²) in [4.78, 5) is 19.0. The third-order valence-electron chi connectivity index (χ3n) is 15.4. The van der Waals surface area contributed by atoms with Crippen LogP contribution in [-0.4, -0.2) is 37.1 Å². The molecule has 0 unspecified atom stereocenters. The van der Waals surface area contributed by atoms with Crippen LogP contribution in [0.5, 0.6) is 0 Å². The Bertz CT molecular complexity index is 5000. The molecule has 2 heterocycles. The van der Waals surface area contributed by atoms with Gasteiger partial charge in [-0.2, -0.15) is 0 Å². The van der Waals surface area contributed by atoms with E-state index in [9.17, 15) is 10.0 Å². The molecule has 2 aromatic heterocycles. The van der Waals surface area contributed by atoms with Crippen LogP contribution in [0.25, 0.3) is 142 Å². The molecule has 0 bridgehead atoms. The lowest BCUT2D eigenvalue weighted by Crippen LogP contribution is -2.29. The van der Waals surface area contributed by atoms with Gasteiger partial charge in [0.25, 0.3) is 0 Å². The van der Waals surface area contributed by atoms with Crippen molar-refractivity contribution in [2.45, 2.75) is 0 Å². The van der Waals surface area contributed by atoms with Crippen LogP contribution in [0.15, 0.2) is 267 Å². The van der Waals surface area contributed by atoms with E-state index in [-0.39, 0.29) is 0 Å². The first-order chi connectivity index (χ1) is 39.4. The number of benzene rings is 14. The monoisotopic (exact) mass is 1040 g/mol. The average Bonchev–Trinajstić information content (AvgIpc) is 3.63. The van der Waals surface area contributed by atoms with Gasteiger partial charge in [-0.3, -0.25) is 9.97 Å². The Balaban J connectivity index is 0.000000117. The standard InChI is InChI=1S/C36H22N2.C20H15BO2.C16H9ClN2/c1-2-10-26-25(9-1)21-33(30-14-4-3-11-27(26)30)23-17-19-24(20-18-23)34-22-37-35-31-15-7-5-12-28(31)29-13-6-8-16-32(29)36(35)38-34;22-21(23)16-11-9-14(10-12-16)20-13-15-5-1-2-6-17(15)18-7-3-4-8-19(18)20;17-14-9-18-15-12-7-3-1-5-10(12)11-6-2-4-8-13(11)16(15)19-14/h1-22H;1-13,22-23H;1-9H. The number of nitrogens with zero attached hydrogens (tertiary/aromatic N) is 4. The molecule has 0 fully saturated rings. The maximum Gasteiger partial charge on any atom is 0.488 e. The van der Waals surface area contributed by atoms with E-state index in [1.807, 2.05) is 54.7 Å². The fourth-order valence-corrected chi connectivity index (χ4v) is 11.7. The lowest BCUT2D eigenvalue weighted by Gasteiger charge is -2.12. The fourth-order valence-electron chi connectivity index (χ4n) is 11.6. The molecule has 0 aliphatic carbocycles. The van der Waals surface area contributed by atoms with E-state index in [2.05, 4.69) is 204 Å². The SMILES string of the molecule is Clc1cnc2c3ccccc3c3ccccc3c2n1.OB(O)c1ccc(-c2cc3ccccc3c3ccccc23)cc1.c1ccc2c(c1)cc(-c1ccc(-c3cnc4c5ccccc5c5ccccc5c4n3)cc1)c1ccccc12. The highest BCUT2D eigenvalue weighted by atomic mass is 35.5. The predicted octanol–water partition coefficient (Wildman–Crippen LogP) is 17.5. The second kappa shape index (κ2) is 20.5. The Morgan fingerprint density at radius 1 is 0.287 bits per heavy atom. The first-order valence-corrected chi connectivity index (χ1v) is 27.0. The molecule has 16 aromatic rings. The maximum atomic E-state index is 9.25. The van der Waals surface area contributed by atoms with Crippen LogP contribution in [0, 0.1) is 0 Å². The summed E-state index contributed by atoms with van der Waals surface area (Å²) < 4.78 is 0. The van der Waals surface area contributed by atoms with Crippen molar-refractivity contribution in [2.24, 2.45) is 0 Å². The Kier molecular flexibility index (Phi) is 12.4. The molecule has 8 heteroatoms. The van der Waals surface area contributed by atoms with Crippen molar-refractivity contribution in [1.82, 2.24) is 19.9 Å². The van der Waals surface area contributed by atoms with E-state index in [0.717, 1.165) is 66.0 Å². The van der Waals surface area contributed by atoms with Crippen molar-refractivity contribution < 1.29 is 10.0 Å². The molecule has 0 spiro atoms. The number of halogens is 1. The molecule has 0 radical (unpaired) electrons. The number of hydrogen-bond acceptors (Lipinski definition) is 6. The van der Waals surface area contributed by atoms with E-state index < -0.39 is 7.12 Å². The highest BCUT2D eigenvalue weighted by Crippen LogP contribution is 2.39. The zero-order valence-electron chi connectivity index (χ0n) is 43.0. The summed E-state index contributed by atoms with van der Waals surface area (Å²) in [7, 11) is -1.43. The number of fused-ring (bicyclic) bond motifs is 18. The summed E-state index contributed by atoms with van der Waals surface area (Å²) in [5.41, 5.74) is 10.8. The van der Waals surface area contributed by atoms with Gasteiger partial charge in [0, 0.05) is 27.1 Å². The molecule has 0 saturated carbocycles. The molecule has 0 atom stereocenters. The van der Waals surface area contributed by atoms with Gasteiger partial charge < -0.3 is 10.0 Å². The summed E-state index contributed by atoms with van der Waals surface area (Å²) in [5, 5.41) is 38.2. The van der Waals surface area contributed by atoms with Gasteiger partial charge >= 0.3 is 7.12 Å². The molecule has 0 aliphatic rings. The molecular weight excluding hydrogens is 999 g/mol. The van der Waals surface area contributed by atoms with Gasteiger partial charge in [-0.25, -0.2) is 9.97 Å². The molecule has 80 heavy (non-hydrogen) atoms. The van der Waals surface area contributed by atoms with Crippen LogP contribution in [-0.2, 0) is 0 Å². The summed E-state index contributed by atoms with van der Waals surface area (Å²) >= 11 is 6.00. The second-order valence-electron chi connectivity index (χ2n) is 20.0. The molecule has 2 N–H and O–H groups in total. The molecule has 0 aliphatic heterocycles. The van der Waals surface area contributed by atoms with Crippen molar-refractivity contribution in [3.05, 3.63) is 272 Å². The van der Waals surface area contributed by atoms with Crippen LogP contribution >= 0.6 is 11.6 Å². The van der Waals surface area contributed by atoms with Gasteiger partial charge in [-0.05, 0) is 104 Å². The Labute approximate surface area is 465 Å².